The summed E-state index contributed by atoms with van der Waals surface area (Å²) in [6.45, 7) is 1.04. The lowest BCUT2D eigenvalue weighted by molar-refractivity contribution is 0.655. The van der Waals surface area contributed by atoms with E-state index in [4.69, 9.17) is 11.5 Å². The number of nitrogens with zero attached hydrogens (tertiary/aromatic N) is 4. The summed E-state index contributed by atoms with van der Waals surface area (Å²) in [4.78, 5) is 0. The van der Waals surface area contributed by atoms with Crippen LogP contribution in [0.2, 0.25) is 0 Å². The zero-order chi connectivity index (χ0) is 20.5. The van der Waals surface area contributed by atoms with E-state index < -0.39 is 0 Å². The van der Waals surface area contributed by atoms with Crippen LogP contribution < -0.4 is 11.5 Å². The normalized spacial score (nSPS) is 11.2. The molecule has 0 atom stereocenters. The molecule has 0 spiro atoms. The Morgan fingerprint density at radius 1 is 0.933 bits per heavy atom. The van der Waals surface area contributed by atoms with E-state index in [9.17, 15) is 0 Å². The van der Waals surface area contributed by atoms with Crippen LogP contribution in [0.5, 0.6) is 0 Å². The number of nitrogen functional groups attached to an aromatic ring is 1. The molecule has 0 aliphatic carbocycles. The molecule has 5 rings (SSSR count). The van der Waals surface area contributed by atoms with E-state index in [-0.39, 0.29) is 0 Å². The SMILES string of the molecule is NCc1ccccc1-c1c(-c2ccc3[nH]nc(N)c3c2)nnn1Cc1ccccc1. The van der Waals surface area contributed by atoms with E-state index in [1.54, 1.807) is 0 Å². The van der Waals surface area contributed by atoms with Crippen LogP contribution in [0.1, 0.15) is 11.1 Å². The van der Waals surface area contributed by atoms with Crippen molar-refractivity contribution in [2.24, 2.45) is 5.73 Å². The van der Waals surface area contributed by atoms with E-state index in [2.05, 4.69) is 38.7 Å². The molecule has 0 unspecified atom stereocenters. The molecule has 7 nitrogen and oxygen atoms in total. The highest BCUT2D eigenvalue weighted by Gasteiger charge is 2.20. The fourth-order valence-electron chi connectivity index (χ4n) is 3.75. The fraction of sp³-hybridized carbons (Fsp3) is 0.0870. The first kappa shape index (κ1) is 18.1. The number of anilines is 1. The second-order valence-electron chi connectivity index (χ2n) is 7.16. The van der Waals surface area contributed by atoms with Crippen LogP contribution in [0.15, 0.2) is 72.8 Å². The average molecular weight is 395 g/mol. The monoisotopic (exact) mass is 395 g/mol. The molecule has 0 amide bonds. The summed E-state index contributed by atoms with van der Waals surface area (Å²) >= 11 is 0. The number of nitrogens with one attached hydrogen (secondary N) is 1. The van der Waals surface area contributed by atoms with Gasteiger partial charge in [-0.15, -0.1) is 5.10 Å². The van der Waals surface area contributed by atoms with Crippen molar-refractivity contribution < 1.29 is 0 Å². The molecule has 2 heterocycles. The smallest absolute Gasteiger partial charge is 0.153 e. The van der Waals surface area contributed by atoms with E-state index in [0.717, 1.165) is 44.5 Å². The molecule has 0 saturated heterocycles. The van der Waals surface area contributed by atoms with Gasteiger partial charge in [0.05, 0.1) is 17.8 Å². The van der Waals surface area contributed by atoms with Gasteiger partial charge in [0.15, 0.2) is 5.82 Å². The van der Waals surface area contributed by atoms with E-state index in [1.165, 1.54) is 0 Å². The molecule has 0 aliphatic heterocycles. The average Bonchev–Trinajstić information content (AvgIpc) is 3.37. The quantitative estimate of drug-likeness (QED) is 0.421. The first-order valence-electron chi connectivity index (χ1n) is 9.74. The molecule has 0 fully saturated rings. The Labute approximate surface area is 173 Å². The number of aromatic amines is 1. The molecule has 0 saturated carbocycles. The van der Waals surface area contributed by atoms with Crippen LogP contribution in [0.3, 0.4) is 0 Å². The third-order valence-electron chi connectivity index (χ3n) is 5.27. The number of hydrogen-bond donors (Lipinski definition) is 3. The Bertz CT molecular complexity index is 1320. The Morgan fingerprint density at radius 2 is 1.73 bits per heavy atom. The Kier molecular flexibility index (Phi) is 4.49. The number of aromatic nitrogens is 5. The van der Waals surface area contributed by atoms with Gasteiger partial charge in [0, 0.05) is 23.1 Å². The van der Waals surface area contributed by atoms with Gasteiger partial charge in [0.2, 0.25) is 0 Å². The summed E-state index contributed by atoms with van der Waals surface area (Å²) in [6.07, 6.45) is 0. The second-order valence-corrected chi connectivity index (χ2v) is 7.16. The number of H-pyrrole nitrogens is 1. The summed E-state index contributed by atoms with van der Waals surface area (Å²) in [5, 5.41) is 17.0. The number of rotatable bonds is 5. The van der Waals surface area contributed by atoms with Gasteiger partial charge < -0.3 is 11.5 Å². The van der Waals surface area contributed by atoms with Crippen LogP contribution in [-0.4, -0.2) is 25.2 Å². The lowest BCUT2D eigenvalue weighted by atomic mass is 9.99. The van der Waals surface area contributed by atoms with Crippen molar-refractivity contribution >= 4 is 16.7 Å². The van der Waals surface area contributed by atoms with Crippen LogP contribution in [-0.2, 0) is 13.1 Å². The topological polar surface area (TPSA) is 111 Å². The van der Waals surface area contributed by atoms with E-state index in [0.29, 0.717) is 18.9 Å². The first-order valence-corrected chi connectivity index (χ1v) is 9.74. The Balaban J connectivity index is 1.71. The first-order chi connectivity index (χ1) is 14.7. The molecule has 7 heteroatoms. The van der Waals surface area contributed by atoms with Crippen LogP contribution in [0.4, 0.5) is 5.82 Å². The molecule has 0 radical (unpaired) electrons. The summed E-state index contributed by atoms with van der Waals surface area (Å²) in [5.41, 5.74) is 18.8. The molecule has 5 N–H and O–H groups in total. The molecule has 5 aromatic rings. The molecule has 3 aromatic carbocycles. The van der Waals surface area contributed by atoms with Gasteiger partial charge in [0.1, 0.15) is 5.69 Å². The lowest BCUT2D eigenvalue weighted by Crippen LogP contribution is -2.07. The van der Waals surface area contributed by atoms with Crippen molar-refractivity contribution in [2.75, 3.05) is 5.73 Å². The molecular formula is C23H21N7. The number of fused-ring (bicyclic) bond motifs is 1. The molecule has 30 heavy (non-hydrogen) atoms. The molecule has 0 bridgehead atoms. The van der Waals surface area contributed by atoms with Gasteiger partial charge >= 0.3 is 0 Å². The van der Waals surface area contributed by atoms with Gasteiger partial charge in [-0.3, -0.25) is 5.10 Å². The van der Waals surface area contributed by atoms with Crippen LogP contribution in [0.25, 0.3) is 33.4 Å². The summed E-state index contributed by atoms with van der Waals surface area (Å²) in [7, 11) is 0. The number of benzene rings is 3. The maximum atomic E-state index is 6.05. The third-order valence-corrected chi connectivity index (χ3v) is 5.27. The maximum Gasteiger partial charge on any atom is 0.153 e. The van der Waals surface area contributed by atoms with Gasteiger partial charge in [0.25, 0.3) is 0 Å². The Morgan fingerprint density at radius 3 is 2.57 bits per heavy atom. The zero-order valence-electron chi connectivity index (χ0n) is 16.3. The maximum absolute atomic E-state index is 6.05. The van der Waals surface area contributed by atoms with Crippen molar-refractivity contribution in [3.63, 3.8) is 0 Å². The standard InChI is InChI=1S/C23H21N7/c24-13-17-8-4-5-9-18(17)22-21(16-10-11-20-19(12-16)23(25)28-26-20)27-29-30(22)14-15-6-2-1-3-7-15/h1-12H,13-14,24H2,(H3,25,26,28). The van der Waals surface area contributed by atoms with E-state index in [1.807, 2.05) is 59.3 Å². The minimum absolute atomic E-state index is 0.430. The molecule has 2 aromatic heterocycles. The highest BCUT2D eigenvalue weighted by atomic mass is 15.4. The van der Waals surface area contributed by atoms with Crippen molar-refractivity contribution in [2.45, 2.75) is 13.1 Å². The molecule has 148 valence electrons. The van der Waals surface area contributed by atoms with Crippen LogP contribution in [0, 0.1) is 0 Å². The van der Waals surface area contributed by atoms with Gasteiger partial charge in [-0.2, -0.15) is 5.10 Å². The summed E-state index contributed by atoms with van der Waals surface area (Å²) in [5.74, 6) is 0.465. The lowest BCUT2D eigenvalue weighted by Gasteiger charge is -2.12. The predicted molar refractivity (Wildman–Crippen MR) is 118 cm³/mol. The highest BCUT2D eigenvalue weighted by Crippen LogP contribution is 2.34. The highest BCUT2D eigenvalue weighted by molar-refractivity contribution is 5.93. The van der Waals surface area contributed by atoms with Gasteiger partial charge in [-0.05, 0) is 23.3 Å². The predicted octanol–water partition coefficient (Wildman–Crippen LogP) is 3.58. The van der Waals surface area contributed by atoms with Crippen molar-refractivity contribution in [1.29, 1.82) is 0 Å². The third kappa shape index (κ3) is 3.11. The number of nitrogens with two attached hydrogens (primary N) is 2. The Hall–Kier alpha value is -3.97. The van der Waals surface area contributed by atoms with Crippen molar-refractivity contribution in [1.82, 2.24) is 25.2 Å². The zero-order valence-corrected chi connectivity index (χ0v) is 16.3. The second kappa shape index (κ2) is 7.46. The molecular weight excluding hydrogens is 374 g/mol. The van der Waals surface area contributed by atoms with E-state index >= 15 is 0 Å². The van der Waals surface area contributed by atoms with Gasteiger partial charge in [-0.25, -0.2) is 4.68 Å². The minimum atomic E-state index is 0.430. The largest absolute Gasteiger partial charge is 0.382 e. The van der Waals surface area contributed by atoms with Crippen molar-refractivity contribution in [3.05, 3.63) is 83.9 Å². The minimum Gasteiger partial charge on any atom is -0.382 e. The summed E-state index contributed by atoms with van der Waals surface area (Å²) < 4.78 is 1.93. The van der Waals surface area contributed by atoms with Crippen molar-refractivity contribution in [3.8, 4) is 22.5 Å². The van der Waals surface area contributed by atoms with Gasteiger partial charge in [-0.1, -0.05) is 65.9 Å². The molecule has 0 aliphatic rings. The number of hydrogen-bond acceptors (Lipinski definition) is 5. The van der Waals surface area contributed by atoms with Crippen LogP contribution >= 0.6 is 0 Å². The fourth-order valence-corrected chi connectivity index (χ4v) is 3.75. The summed E-state index contributed by atoms with van der Waals surface area (Å²) in [6, 6.07) is 24.3.